The summed E-state index contributed by atoms with van der Waals surface area (Å²) < 4.78 is 2.39. The molecule has 6 aromatic rings. The Morgan fingerprint density at radius 2 is 1.17 bits per heavy atom. The SMILES string of the molecule is C1=CC2CCC3CC(c4nc(-c5ccccc5)cc(-c5ccccc5)n4)CCC3C2c2nc(-c3ccccc3)n(-c3ccccc3)c21. The topological polar surface area (TPSA) is 43.6 Å². The van der Waals surface area contributed by atoms with Gasteiger partial charge in [-0.2, -0.15) is 0 Å². The lowest BCUT2D eigenvalue weighted by molar-refractivity contribution is 0.102. The minimum Gasteiger partial charge on any atom is -0.293 e. The van der Waals surface area contributed by atoms with E-state index in [0.29, 0.717) is 29.6 Å². The average Bonchev–Trinajstić information content (AvgIpc) is 3.56. The fourth-order valence-electron chi connectivity index (χ4n) is 8.70. The standard InChI is InChI=1S/C43H38N4/c1-5-13-29(14-6-1)37-28-38(30-15-7-2-8-16-30)45-42(44-37)34-23-25-36-33(27-34)22-21-31-24-26-39-41(40(31)36)46-43(32-17-9-3-10-18-32)47(39)35-19-11-4-12-20-35/h1-20,24,26,28,31,33-34,36,40H,21-23,25,27H2. The highest BCUT2D eigenvalue weighted by Crippen LogP contribution is 2.56. The molecular formula is C43H38N4. The zero-order chi connectivity index (χ0) is 31.2. The highest BCUT2D eigenvalue weighted by atomic mass is 15.1. The summed E-state index contributed by atoms with van der Waals surface area (Å²) in [4.78, 5) is 16.0. The number of fused-ring (bicyclic) bond motifs is 5. The number of benzene rings is 4. The lowest BCUT2D eigenvalue weighted by Gasteiger charge is -2.47. The van der Waals surface area contributed by atoms with Crippen molar-refractivity contribution in [3.05, 3.63) is 151 Å². The Bertz CT molecular complexity index is 1970. The number of rotatable bonds is 5. The van der Waals surface area contributed by atoms with Crippen molar-refractivity contribution < 1.29 is 0 Å². The van der Waals surface area contributed by atoms with E-state index in [1.54, 1.807) is 0 Å². The van der Waals surface area contributed by atoms with E-state index in [1.807, 2.05) is 0 Å². The third-order valence-electron chi connectivity index (χ3n) is 10.9. The zero-order valence-corrected chi connectivity index (χ0v) is 26.5. The summed E-state index contributed by atoms with van der Waals surface area (Å²) in [5.41, 5.74) is 9.21. The highest BCUT2D eigenvalue weighted by Gasteiger charge is 2.46. The van der Waals surface area contributed by atoms with Crippen LogP contribution in [0.5, 0.6) is 0 Å². The Labute approximate surface area is 276 Å². The van der Waals surface area contributed by atoms with E-state index in [2.05, 4.69) is 144 Å². The molecule has 5 unspecified atom stereocenters. The van der Waals surface area contributed by atoms with Crippen molar-refractivity contribution in [1.29, 1.82) is 0 Å². The molecule has 0 saturated heterocycles. The fraction of sp³-hybridized carbons (Fsp3) is 0.233. The molecule has 4 nitrogen and oxygen atoms in total. The van der Waals surface area contributed by atoms with E-state index in [1.165, 1.54) is 36.3 Å². The number of nitrogens with zero attached hydrogens (tertiary/aromatic N) is 4. The zero-order valence-electron chi connectivity index (χ0n) is 26.5. The lowest BCUT2D eigenvalue weighted by atomic mass is 9.57. The lowest BCUT2D eigenvalue weighted by Crippen LogP contribution is -2.38. The van der Waals surface area contributed by atoms with Gasteiger partial charge >= 0.3 is 0 Å². The van der Waals surface area contributed by atoms with Gasteiger partial charge in [0.15, 0.2) is 0 Å². The molecule has 2 fully saturated rings. The van der Waals surface area contributed by atoms with Crippen LogP contribution in [0.3, 0.4) is 0 Å². The highest BCUT2D eigenvalue weighted by molar-refractivity contribution is 5.69. The second-order valence-electron chi connectivity index (χ2n) is 13.5. The third kappa shape index (κ3) is 5.13. The van der Waals surface area contributed by atoms with Crippen molar-refractivity contribution in [1.82, 2.24) is 19.5 Å². The van der Waals surface area contributed by atoms with Crippen LogP contribution in [0, 0.1) is 17.8 Å². The normalized spacial score (nSPS) is 23.0. The molecule has 2 heterocycles. The van der Waals surface area contributed by atoms with Crippen LogP contribution in [-0.4, -0.2) is 19.5 Å². The molecule has 0 radical (unpaired) electrons. The van der Waals surface area contributed by atoms with Gasteiger partial charge in [0.25, 0.3) is 0 Å². The first-order valence-corrected chi connectivity index (χ1v) is 17.2. The Morgan fingerprint density at radius 1 is 0.574 bits per heavy atom. The molecule has 3 aliphatic rings. The quantitative estimate of drug-likeness (QED) is 0.195. The van der Waals surface area contributed by atoms with E-state index >= 15 is 0 Å². The monoisotopic (exact) mass is 610 g/mol. The van der Waals surface area contributed by atoms with Crippen LogP contribution in [0.25, 0.3) is 45.7 Å². The maximum Gasteiger partial charge on any atom is 0.145 e. The number of para-hydroxylation sites is 1. The van der Waals surface area contributed by atoms with Crippen LogP contribution in [0.4, 0.5) is 0 Å². The second-order valence-corrected chi connectivity index (χ2v) is 13.5. The molecule has 4 heteroatoms. The van der Waals surface area contributed by atoms with Crippen molar-refractivity contribution in [3.63, 3.8) is 0 Å². The molecule has 0 spiro atoms. The number of aromatic nitrogens is 4. The molecule has 5 atom stereocenters. The van der Waals surface area contributed by atoms with Crippen molar-refractivity contribution >= 4 is 6.08 Å². The van der Waals surface area contributed by atoms with Crippen LogP contribution in [-0.2, 0) is 0 Å². The van der Waals surface area contributed by atoms with E-state index in [0.717, 1.165) is 52.6 Å². The average molecular weight is 611 g/mol. The molecule has 0 bridgehead atoms. The summed E-state index contributed by atoms with van der Waals surface area (Å²) >= 11 is 0. The fourth-order valence-corrected chi connectivity index (χ4v) is 8.70. The summed E-state index contributed by atoms with van der Waals surface area (Å²) in [6.45, 7) is 0. The van der Waals surface area contributed by atoms with Crippen LogP contribution in [0.2, 0.25) is 0 Å². The Hall–Kier alpha value is -5.09. The summed E-state index contributed by atoms with van der Waals surface area (Å²) in [6, 6.07) is 44.8. The molecule has 47 heavy (non-hydrogen) atoms. The van der Waals surface area contributed by atoms with E-state index in [4.69, 9.17) is 15.0 Å². The van der Waals surface area contributed by atoms with E-state index in [-0.39, 0.29) is 0 Å². The molecule has 9 rings (SSSR count). The molecule has 0 N–H and O–H groups in total. The Morgan fingerprint density at radius 3 is 1.81 bits per heavy atom. The smallest absolute Gasteiger partial charge is 0.145 e. The van der Waals surface area contributed by atoms with Gasteiger partial charge in [-0.3, -0.25) is 4.57 Å². The van der Waals surface area contributed by atoms with Crippen molar-refractivity contribution in [2.45, 2.75) is 43.9 Å². The van der Waals surface area contributed by atoms with Gasteiger partial charge in [0, 0.05) is 34.2 Å². The maximum absolute atomic E-state index is 5.53. The van der Waals surface area contributed by atoms with Gasteiger partial charge in [-0.15, -0.1) is 0 Å². The van der Waals surface area contributed by atoms with E-state index < -0.39 is 0 Å². The molecule has 2 saturated carbocycles. The van der Waals surface area contributed by atoms with Gasteiger partial charge in [0.05, 0.1) is 22.8 Å². The predicted octanol–water partition coefficient (Wildman–Crippen LogP) is 10.4. The van der Waals surface area contributed by atoms with Crippen LogP contribution >= 0.6 is 0 Å². The van der Waals surface area contributed by atoms with Crippen molar-refractivity contribution in [3.8, 4) is 39.6 Å². The summed E-state index contributed by atoms with van der Waals surface area (Å²) in [6.07, 6.45) is 10.8. The summed E-state index contributed by atoms with van der Waals surface area (Å²) in [5, 5.41) is 0. The number of hydrogen-bond acceptors (Lipinski definition) is 3. The third-order valence-corrected chi connectivity index (χ3v) is 10.9. The van der Waals surface area contributed by atoms with Gasteiger partial charge < -0.3 is 0 Å². The van der Waals surface area contributed by atoms with Gasteiger partial charge in [-0.1, -0.05) is 115 Å². The number of allylic oxidation sites excluding steroid dienone is 1. The van der Waals surface area contributed by atoms with Gasteiger partial charge in [-0.25, -0.2) is 15.0 Å². The summed E-state index contributed by atoms with van der Waals surface area (Å²) in [5.74, 6) is 4.66. The van der Waals surface area contributed by atoms with Crippen LogP contribution in [0.1, 0.15) is 61.2 Å². The molecule has 230 valence electrons. The Balaban J connectivity index is 1.07. The van der Waals surface area contributed by atoms with Crippen LogP contribution in [0.15, 0.2) is 133 Å². The molecule has 4 aromatic carbocycles. The van der Waals surface area contributed by atoms with Gasteiger partial charge in [0.1, 0.15) is 11.6 Å². The second kappa shape index (κ2) is 11.9. The largest absolute Gasteiger partial charge is 0.293 e. The maximum atomic E-state index is 5.53. The first-order chi connectivity index (χ1) is 23.3. The van der Waals surface area contributed by atoms with Crippen molar-refractivity contribution in [2.75, 3.05) is 0 Å². The van der Waals surface area contributed by atoms with Gasteiger partial charge in [-0.05, 0) is 74.1 Å². The number of hydrogen-bond donors (Lipinski definition) is 0. The molecular weight excluding hydrogens is 573 g/mol. The molecule has 3 aliphatic carbocycles. The first-order valence-electron chi connectivity index (χ1n) is 17.2. The van der Waals surface area contributed by atoms with Gasteiger partial charge in [0.2, 0.25) is 0 Å². The first kappa shape index (κ1) is 28.2. The van der Waals surface area contributed by atoms with Crippen LogP contribution < -0.4 is 0 Å². The molecule has 2 aromatic heterocycles. The summed E-state index contributed by atoms with van der Waals surface area (Å²) in [7, 11) is 0. The number of imidazole rings is 1. The van der Waals surface area contributed by atoms with Crippen molar-refractivity contribution in [2.24, 2.45) is 17.8 Å². The minimum atomic E-state index is 0.360. The minimum absolute atomic E-state index is 0.360. The Kier molecular flexibility index (Phi) is 7.15. The predicted molar refractivity (Wildman–Crippen MR) is 190 cm³/mol. The molecule has 0 amide bonds. The van der Waals surface area contributed by atoms with E-state index in [9.17, 15) is 0 Å². The molecule has 0 aliphatic heterocycles.